The summed E-state index contributed by atoms with van der Waals surface area (Å²) in [5, 5.41) is 15.3. The van der Waals surface area contributed by atoms with Gasteiger partial charge < -0.3 is 10.1 Å². The second kappa shape index (κ2) is 7.22. The van der Waals surface area contributed by atoms with Gasteiger partial charge >= 0.3 is 5.97 Å². The molecule has 7 nitrogen and oxygen atoms in total. The molecule has 2 rings (SSSR count). The van der Waals surface area contributed by atoms with Gasteiger partial charge in [0, 0.05) is 6.07 Å². The average Bonchev–Trinajstić information content (AvgIpc) is 2.95. The van der Waals surface area contributed by atoms with Crippen LogP contribution in [0.5, 0.6) is 0 Å². The number of anilines is 1. The monoisotopic (exact) mass is 348 g/mol. The number of carbonyl (C=O) groups is 2. The lowest BCUT2D eigenvalue weighted by Gasteiger charge is -2.11. The van der Waals surface area contributed by atoms with Crippen molar-refractivity contribution in [1.29, 1.82) is 0 Å². The molecule has 0 atom stereocenters. The van der Waals surface area contributed by atoms with Crippen molar-refractivity contribution in [1.82, 2.24) is 0 Å². The molecule has 0 aliphatic carbocycles. The Bertz CT molecular complexity index is 813. The maximum absolute atomic E-state index is 12.0. The molecule has 0 aliphatic heterocycles. The van der Waals surface area contributed by atoms with Crippen molar-refractivity contribution in [2.45, 2.75) is 20.8 Å². The van der Waals surface area contributed by atoms with E-state index in [0.717, 1.165) is 11.1 Å². The van der Waals surface area contributed by atoms with E-state index in [-0.39, 0.29) is 11.4 Å². The van der Waals surface area contributed by atoms with Crippen molar-refractivity contribution >= 4 is 34.6 Å². The molecular weight excluding hydrogens is 332 g/mol. The fourth-order valence-corrected chi connectivity index (χ4v) is 2.88. The van der Waals surface area contributed by atoms with Gasteiger partial charge in [-0.15, -0.1) is 11.3 Å². The standard InChI is InChI=1S/C16H16N2O5S/c1-9-4-5-12(18(21)22)14(11(9)3)17-13(19)8-23-16(20)15-10(2)6-7-24-15/h4-7H,8H2,1-3H3,(H,17,19). The van der Waals surface area contributed by atoms with Crippen LogP contribution in [0, 0.1) is 30.9 Å². The molecule has 1 heterocycles. The number of rotatable bonds is 5. The molecule has 0 fully saturated rings. The molecule has 0 unspecified atom stereocenters. The largest absolute Gasteiger partial charge is 0.451 e. The lowest BCUT2D eigenvalue weighted by Crippen LogP contribution is -2.22. The third-order valence-corrected chi connectivity index (χ3v) is 4.55. The SMILES string of the molecule is Cc1ccsc1C(=O)OCC(=O)Nc1c([N+](=O)[O-])ccc(C)c1C. The molecule has 126 valence electrons. The molecule has 1 amide bonds. The number of nitro groups is 1. The lowest BCUT2D eigenvalue weighted by molar-refractivity contribution is -0.384. The van der Waals surface area contributed by atoms with E-state index < -0.39 is 23.4 Å². The van der Waals surface area contributed by atoms with E-state index in [1.165, 1.54) is 17.4 Å². The van der Waals surface area contributed by atoms with E-state index in [0.29, 0.717) is 10.4 Å². The lowest BCUT2D eigenvalue weighted by atomic mass is 10.1. The second-order valence-electron chi connectivity index (χ2n) is 5.22. The molecule has 0 radical (unpaired) electrons. The summed E-state index contributed by atoms with van der Waals surface area (Å²) < 4.78 is 4.96. The normalized spacial score (nSPS) is 10.3. The highest BCUT2D eigenvalue weighted by molar-refractivity contribution is 7.12. The predicted molar refractivity (Wildman–Crippen MR) is 90.5 cm³/mol. The number of nitro benzene ring substituents is 1. The van der Waals surface area contributed by atoms with Crippen LogP contribution in [0.25, 0.3) is 0 Å². The third-order valence-electron chi connectivity index (χ3n) is 3.56. The highest BCUT2D eigenvalue weighted by atomic mass is 32.1. The van der Waals surface area contributed by atoms with E-state index in [2.05, 4.69) is 5.32 Å². The molecule has 0 aliphatic rings. The quantitative estimate of drug-likeness (QED) is 0.507. The number of amides is 1. The first-order valence-corrected chi connectivity index (χ1v) is 7.95. The summed E-state index contributed by atoms with van der Waals surface area (Å²) in [6, 6.07) is 4.72. The van der Waals surface area contributed by atoms with Gasteiger partial charge in [0.2, 0.25) is 0 Å². The molecule has 0 bridgehead atoms. The number of aryl methyl sites for hydroxylation is 2. The number of hydrogen-bond donors (Lipinski definition) is 1. The number of benzene rings is 1. The molecule has 0 saturated carbocycles. The molecule has 1 aromatic carbocycles. The number of carbonyl (C=O) groups excluding carboxylic acids is 2. The van der Waals surface area contributed by atoms with Crippen LogP contribution in [-0.2, 0) is 9.53 Å². The number of thiophene rings is 1. The Hall–Kier alpha value is -2.74. The first-order valence-electron chi connectivity index (χ1n) is 7.07. The van der Waals surface area contributed by atoms with Crippen LogP contribution in [0.4, 0.5) is 11.4 Å². The van der Waals surface area contributed by atoms with Crippen molar-refractivity contribution in [3.63, 3.8) is 0 Å². The summed E-state index contributed by atoms with van der Waals surface area (Å²) in [6.07, 6.45) is 0. The number of nitrogens with one attached hydrogen (secondary N) is 1. The summed E-state index contributed by atoms with van der Waals surface area (Å²) >= 11 is 1.23. The summed E-state index contributed by atoms with van der Waals surface area (Å²) in [5.41, 5.74) is 2.09. The van der Waals surface area contributed by atoms with Crippen molar-refractivity contribution in [3.8, 4) is 0 Å². The van der Waals surface area contributed by atoms with Crippen LogP contribution in [-0.4, -0.2) is 23.4 Å². The average molecular weight is 348 g/mol. The molecule has 0 saturated heterocycles. The van der Waals surface area contributed by atoms with Crippen LogP contribution >= 0.6 is 11.3 Å². The van der Waals surface area contributed by atoms with E-state index in [1.807, 2.05) is 0 Å². The van der Waals surface area contributed by atoms with Crippen molar-refractivity contribution in [2.24, 2.45) is 0 Å². The van der Waals surface area contributed by atoms with Gasteiger partial charge in [0.25, 0.3) is 11.6 Å². The van der Waals surface area contributed by atoms with Gasteiger partial charge in [-0.1, -0.05) is 6.07 Å². The Balaban J connectivity index is 2.08. The van der Waals surface area contributed by atoms with Crippen molar-refractivity contribution in [2.75, 3.05) is 11.9 Å². The number of esters is 1. The zero-order chi connectivity index (χ0) is 17.9. The molecule has 8 heteroatoms. The Morgan fingerprint density at radius 2 is 1.92 bits per heavy atom. The highest BCUT2D eigenvalue weighted by Gasteiger charge is 2.20. The minimum Gasteiger partial charge on any atom is -0.451 e. The smallest absolute Gasteiger partial charge is 0.349 e. The fraction of sp³-hybridized carbons (Fsp3) is 0.250. The Morgan fingerprint density at radius 1 is 1.21 bits per heavy atom. The second-order valence-corrected chi connectivity index (χ2v) is 6.13. The predicted octanol–water partition coefficient (Wildman–Crippen LogP) is 3.38. The van der Waals surface area contributed by atoms with Crippen LogP contribution < -0.4 is 5.32 Å². The summed E-state index contributed by atoms with van der Waals surface area (Å²) in [4.78, 5) is 34.8. The molecular formula is C16H16N2O5S. The van der Waals surface area contributed by atoms with E-state index >= 15 is 0 Å². The zero-order valence-corrected chi connectivity index (χ0v) is 14.2. The van der Waals surface area contributed by atoms with E-state index in [1.54, 1.807) is 38.3 Å². The summed E-state index contributed by atoms with van der Waals surface area (Å²) in [5.74, 6) is -1.22. The number of ether oxygens (including phenoxy) is 1. The van der Waals surface area contributed by atoms with Gasteiger partial charge in [-0.25, -0.2) is 4.79 Å². The third kappa shape index (κ3) is 3.77. The van der Waals surface area contributed by atoms with Gasteiger partial charge in [0.15, 0.2) is 6.61 Å². The number of nitrogens with zero attached hydrogens (tertiary/aromatic N) is 1. The van der Waals surface area contributed by atoms with Gasteiger partial charge in [-0.2, -0.15) is 0 Å². The molecule has 1 aromatic heterocycles. The minimum absolute atomic E-state index is 0.119. The van der Waals surface area contributed by atoms with Crippen molar-refractivity contribution < 1.29 is 19.2 Å². The van der Waals surface area contributed by atoms with Gasteiger partial charge in [0.05, 0.1) is 4.92 Å². The first kappa shape index (κ1) is 17.6. The summed E-state index contributed by atoms with van der Waals surface area (Å²) in [7, 11) is 0. The topological polar surface area (TPSA) is 98.5 Å². The zero-order valence-electron chi connectivity index (χ0n) is 13.4. The van der Waals surface area contributed by atoms with Crippen LogP contribution in [0.3, 0.4) is 0 Å². The van der Waals surface area contributed by atoms with Gasteiger partial charge in [-0.3, -0.25) is 14.9 Å². The van der Waals surface area contributed by atoms with Gasteiger partial charge in [0.1, 0.15) is 10.6 Å². The summed E-state index contributed by atoms with van der Waals surface area (Å²) in [6.45, 7) is 4.72. The number of hydrogen-bond acceptors (Lipinski definition) is 6. The Labute approximate surface area is 142 Å². The van der Waals surface area contributed by atoms with Gasteiger partial charge in [-0.05, 0) is 48.9 Å². The van der Waals surface area contributed by atoms with E-state index in [9.17, 15) is 19.7 Å². The first-order chi connectivity index (χ1) is 11.3. The fourth-order valence-electron chi connectivity index (χ4n) is 2.07. The molecule has 0 spiro atoms. The molecule has 24 heavy (non-hydrogen) atoms. The van der Waals surface area contributed by atoms with Crippen LogP contribution in [0.2, 0.25) is 0 Å². The highest BCUT2D eigenvalue weighted by Crippen LogP contribution is 2.30. The molecule has 2 aromatic rings. The van der Waals surface area contributed by atoms with Crippen LogP contribution in [0.15, 0.2) is 23.6 Å². The molecule has 1 N–H and O–H groups in total. The maximum Gasteiger partial charge on any atom is 0.349 e. The van der Waals surface area contributed by atoms with E-state index in [4.69, 9.17) is 4.74 Å². The Morgan fingerprint density at radius 3 is 2.50 bits per heavy atom. The Kier molecular flexibility index (Phi) is 5.30. The maximum atomic E-state index is 12.0. The van der Waals surface area contributed by atoms with Crippen molar-refractivity contribution in [3.05, 3.63) is 55.3 Å². The minimum atomic E-state index is -0.630. The van der Waals surface area contributed by atoms with Crippen LogP contribution in [0.1, 0.15) is 26.4 Å².